The van der Waals surface area contributed by atoms with E-state index in [0.717, 1.165) is 44.9 Å². The number of hydrogen-bond donors (Lipinski definition) is 1. The van der Waals surface area contributed by atoms with Gasteiger partial charge in [0.1, 0.15) is 10.3 Å². The van der Waals surface area contributed by atoms with E-state index in [1.807, 2.05) is 30.3 Å². The molecule has 2 heterocycles. The molecule has 38 heavy (non-hydrogen) atoms. The number of carbonyl (C=O) groups is 1. The molecule has 0 bridgehead atoms. The van der Waals surface area contributed by atoms with Crippen LogP contribution < -0.4 is 5.32 Å². The third-order valence-corrected chi connectivity index (χ3v) is 10.00. The molecule has 11 heteroatoms. The molecule has 0 saturated heterocycles. The number of aromatic nitrogens is 1. The average molecular weight is 577 g/mol. The summed E-state index contributed by atoms with van der Waals surface area (Å²) in [7, 11) is -3.87. The lowest BCUT2D eigenvalue weighted by molar-refractivity contribution is -0.137. The van der Waals surface area contributed by atoms with Gasteiger partial charge in [0.15, 0.2) is 9.84 Å². The van der Waals surface area contributed by atoms with Crippen LogP contribution in [0.15, 0.2) is 90.6 Å². The van der Waals surface area contributed by atoms with Crippen molar-refractivity contribution < 1.29 is 26.4 Å². The molecule has 2 aromatic heterocycles. The monoisotopic (exact) mass is 576 g/mol. The number of alkyl halides is 3. The van der Waals surface area contributed by atoms with Crippen LogP contribution in [0, 0.1) is 0 Å². The van der Waals surface area contributed by atoms with E-state index >= 15 is 0 Å². The highest BCUT2D eigenvalue weighted by Crippen LogP contribution is 2.34. The standard InChI is InChI=1S/C27H23F3N2O3S3/c1-2-24(19-8-5-9-20(15-19)27(28,29)30)38(34,35)14-13-36-26-22(10-6-12-31-26)32-25(33)17-21-16-18-7-3-4-11-23(18)37-21/h2-12,15-16,24H,1,13-14,17H2,(H,32,33). The lowest BCUT2D eigenvalue weighted by Crippen LogP contribution is -2.18. The van der Waals surface area contributed by atoms with E-state index < -0.39 is 26.8 Å². The third-order valence-electron chi connectivity index (χ3n) is 5.61. The fourth-order valence-corrected chi connectivity index (χ4v) is 7.88. The number of thiophene rings is 1. The highest BCUT2D eigenvalue weighted by atomic mass is 32.2. The number of nitrogens with zero attached hydrogens (tertiary/aromatic N) is 1. The van der Waals surface area contributed by atoms with Crippen LogP contribution in [0.3, 0.4) is 0 Å². The molecule has 0 radical (unpaired) electrons. The second-order valence-electron chi connectivity index (χ2n) is 8.33. The maximum atomic E-state index is 13.1. The average Bonchev–Trinajstić information content (AvgIpc) is 3.27. The van der Waals surface area contributed by atoms with Crippen LogP contribution in [-0.2, 0) is 27.2 Å². The number of fused-ring (bicyclic) bond motifs is 1. The van der Waals surface area contributed by atoms with E-state index in [2.05, 4.69) is 16.9 Å². The molecule has 0 saturated carbocycles. The van der Waals surface area contributed by atoms with Gasteiger partial charge in [-0.05, 0) is 41.3 Å². The van der Waals surface area contributed by atoms with E-state index in [-0.39, 0.29) is 29.4 Å². The molecule has 198 valence electrons. The van der Waals surface area contributed by atoms with Gasteiger partial charge in [0, 0.05) is 21.5 Å². The van der Waals surface area contributed by atoms with E-state index in [1.165, 1.54) is 18.3 Å². The molecule has 1 amide bonds. The van der Waals surface area contributed by atoms with Crippen LogP contribution in [0.5, 0.6) is 0 Å². The molecule has 5 nitrogen and oxygen atoms in total. The zero-order valence-electron chi connectivity index (χ0n) is 19.9. The van der Waals surface area contributed by atoms with Gasteiger partial charge in [-0.15, -0.1) is 29.7 Å². The Kier molecular flexibility index (Phi) is 8.59. The zero-order chi connectivity index (χ0) is 27.3. The van der Waals surface area contributed by atoms with Gasteiger partial charge in [-0.25, -0.2) is 13.4 Å². The van der Waals surface area contributed by atoms with Crippen molar-refractivity contribution in [1.29, 1.82) is 0 Å². The van der Waals surface area contributed by atoms with Crippen molar-refractivity contribution in [2.24, 2.45) is 0 Å². The summed E-state index contributed by atoms with van der Waals surface area (Å²) in [5, 5.41) is 3.08. The first-order chi connectivity index (χ1) is 18.1. The van der Waals surface area contributed by atoms with Gasteiger partial charge in [0.25, 0.3) is 0 Å². The Morgan fingerprint density at radius 1 is 1.11 bits per heavy atom. The summed E-state index contributed by atoms with van der Waals surface area (Å²) < 4.78 is 66.4. The molecule has 4 aromatic rings. The fourth-order valence-electron chi connectivity index (χ4n) is 3.84. The maximum Gasteiger partial charge on any atom is 0.416 e. The number of anilines is 1. The van der Waals surface area contributed by atoms with Crippen LogP contribution >= 0.6 is 23.1 Å². The highest BCUT2D eigenvalue weighted by Gasteiger charge is 2.32. The summed E-state index contributed by atoms with van der Waals surface area (Å²) in [5.41, 5.74) is -0.457. The van der Waals surface area contributed by atoms with Gasteiger partial charge in [-0.3, -0.25) is 4.79 Å². The lowest BCUT2D eigenvalue weighted by Gasteiger charge is -2.16. The molecule has 4 rings (SSSR count). The second kappa shape index (κ2) is 11.7. The van der Waals surface area contributed by atoms with Crippen LogP contribution in [-0.4, -0.2) is 30.8 Å². The minimum absolute atomic E-state index is 0.00634. The Morgan fingerprint density at radius 2 is 1.89 bits per heavy atom. The van der Waals surface area contributed by atoms with Crippen LogP contribution in [0.1, 0.15) is 21.3 Å². The van der Waals surface area contributed by atoms with E-state index in [4.69, 9.17) is 0 Å². The molecule has 0 aliphatic rings. The van der Waals surface area contributed by atoms with Gasteiger partial charge in [0.05, 0.1) is 23.4 Å². The van der Waals surface area contributed by atoms with Crippen molar-refractivity contribution >= 4 is 54.6 Å². The number of sulfone groups is 1. The molecule has 0 aliphatic carbocycles. The summed E-state index contributed by atoms with van der Waals surface area (Å²) in [5.74, 6) is -0.464. The Labute approximate surface area is 226 Å². The van der Waals surface area contributed by atoms with Crippen LogP contribution in [0.4, 0.5) is 18.9 Å². The maximum absolute atomic E-state index is 13.1. The van der Waals surface area contributed by atoms with Crippen LogP contribution in [0.25, 0.3) is 10.1 Å². The van der Waals surface area contributed by atoms with Crippen molar-refractivity contribution in [2.45, 2.75) is 22.9 Å². The topological polar surface area (TPSA) is 76.1 Å². The predicted molar refractivity (Wildman–Crippen MR) is 147 cm³/mol. The molecule has 0 fully saturated rings. The lowest BCUT2D eigenvalue weighted by atomic mass is 10.1. The first-order valence-electron chi connectivity index (χ1n) is 11.4. The van der Waals surface area contributed by atoms with Crippen molar-refractivity contribution in [3.8, 4) is 0 Å². The normalized spacial score (nSPS) is 12.8. The first-order valence-corrected chi connectivity index (χ1v) is 14.9. The number of pyridine rings is 1. The molecule has 0 aliphatic heterocycles. The number of halogens is 3. The fraction of sp³-hybridized carbons (Fsp3) is 0.185. The van der Waals surface area contributed by atoms with E-state index in [9.17, 15) is 26.4 Å². The number of thioether (sulfide) groups is 1. The summed E-state index contributed by atoms with van der Waals surface area (Å²) in [6.07, 6.45) is -1.73. The SMILES string of the molecule is C=CC(c1cccc(C(F)(F)F)c1)S(=O)(=O)CCSc1ncccc1NC(=O)Cc1cc2ccccc2s1. The number of nitrogens with one attached hydrogen (secondary N) is 1. The minimum atomic E-state index is -4.59. The Hall–Kier alpha value is -3.15. The first kappa shape index (κ1) is 27.9. The molecule has 1 atom stereocenters. The van der Waals surface area contributed by atoms with Crippen molar-refractivity contribution in [1.82, 2.24) is 4.98 Å². The van der Waals surface area contributed by atoms with Gasteiger partial charge in [-0.1, -0.05) is 42.5 Å². The van der Waals surface area contributed by atoms with Gasteiger partial charge >= 0.3 is 6.18 Å². The molecular weight excluding hydrogens is 554 g/mol. The molecule has 1 unspecified atom stereocenters. The van der Waals surface area contributed by atoms with E-state index in [0.29, 0.717) is 10.7 Å². The Balaban J connectivity index is 1.40. The summed E-state index contributed by atoms with van der Waals surface area (Å²) in [6.45, 7) is 3.53. The molecular formula is C27H23F3N2O3S3. The highest BCUT2D eigenvalue weighted by molar-refractivity contribution is 8.00. The number of rotatable bonds is 10. The number of benzene rings is 2. The van der Waals surface area contributed by atoms with Crippen LogP contribution in [0.2, 0.25) is 0 Å². The number of carbonyl (C=O) groups excluding carboxylic acids is 1. The summed E-state index contributed by atoms with van der Waals surface area (Å²) in [6, 6.07) is 17.4. The number of amides is 1. The van der Waals surface area contributed by atoms with Crippen molar-refractivity contribution in [3.05, 3.63) is 102 Å². The van der Waals surface area contributed by atoms with Gasteiger partial charge in [0.2, 0.25) is 5.91 Å². The molecule has 1 N–H and O–H groups in total. The van der Waals surface area contributed by atoms with Crippen molar-refractivity contribution in [2.75, 3.05) is 16.8 Å². The summed E-state index contributed by atoms with van der Waals surface area (Å²) >= 11 is 2.68. The molecule has 2 aromatic carbocycles. The second-order valence-corrected chi connectivity index (χ2v) is 12.8. The predicted octanol–water partition coefficient (Wildman–Crippen LogP) is 6.93. The van der Waals surface area contributed by atoms with Gasteiger partial charge in [-0.2, -0.15) is 13.2 Å². The smallest absolute Gasteiger partial charge is 0.323 e. The third kappa shape index (κ3) is 6.83. The largest absolute Gasteiger partial charge is 0.416 e. The molecule has 0 spiro atoms. The quantitative estimate of drug-likeness (QED) is 0.164. The zero-order valence-corrected chi connectivity index (χ0v) is 22.4. The summed E-state index contributed by atoms with van der Waals surface area (Å²) in [4.78, 5) is 17.9. The Morgan fingerprint density at radius 3 is 2.63 bits per heavy atom. The van der Waals surface area contributed by atoms with Gasteiger partial charge < -0.3 is 5.32 Å². The number of hydrogen-bond acceptors (Lipinski definition) is 6. The minimum Gasteiger partial charge on any atom is -0.323 e. The van der Waals surface area contributed by atoms with E-state index in [1.54, 1.807) is 23.5 Å². The Bertz CT molecular complexity index is 1530. The van der Waals surface area contributed by atoms with Crippen molar-refractivity contribution in [3.63, 3.8) is 0 Å².